The topological polar surface area (TPSA) is 12.9 Å². The smallest absolute Gasteiger partial charge is 0.0708 e. The van der Waals surface area contributed by atoms with E-state index in [-0.39, 0.29) is 0 Å². The van der Waals surface area contributed by atoms with E-state index in [9.17, 15) is 0 Å². The summed E-state index contributed by atoms with van der Waals surface area (Å²) in [6, 6.07) is 25.3. The molecule has 0 N–H and O–H groups in total. The summed E-state index contributed by atoms with van der Waals surface area (Å²) in [5, 5.41) is 5.09. The van der Waals surface area contributed by atoms with Crippen LogP contribution in [0.1, 0.15) is 0 Å². The highest BCUT2D eigenvalue weighted by Gasteiger charge is 2.08. The van der Waals surface area contributed by atoms with Crippen LogP contribution < -0.4 is 0 Å². The first kappa shape index (κ1) is 11.2. The highest BCUT2D eigenvalue weighted by atomic mass is 14.7. The largest absolute Gasteiger partial charge is 0.256 e. The van der Waals surface area contributed by atoms with Crippen molar-refractivity contribution in [1.29, 1.82) is 0 Å². The van der Waals surface area contributed by atoms with Crippen LogP contribution in [0.2, 0.25) is 0 Å². The number of hydrogen-bond acceptors (Lipinski definition) is 1. The van der Waals surface area contributed by atoms with Crippen LogP contribution in [0.25, 0.3) is 32.8 Å². The van der Waals surface area contributed by atoms with Gasteiger partial charge in [-0.25, -0.2) is 0 Å². The Morgan fingerprint density at radius 1 is 0.600 bits per heavy atom. The predicted octanol–water partition coefficient (Wildman–Crippen LogP) is 5.06. The lowest BCUT2D eigenvalue weighted by molar-refractivity contribution is 1.33. The fraction of sp³-hybridized carbons (Fsp3) is 0. The van der Waals surface area contributed by atoms with Crippen molar-refractivity contribution >= 4 is 21.5 Å². The predicted molar refractivity (Wildman–Crippen MR) is 84.7 cm³/mol. The number of aromatic nitrogens is 1. The average molecular weight is 255 g/mol. The second-order valence-electron chi connectivity index (χ2n) is 4.91. The molecule has 1 heterocycles. The molecule has 3 aromatic carbocycles. The number of hydrogen-bond donors (Lipinski definition) is 0. The minimum Gasteiger partial charge on any atom is -0.256 e. The van der Waals surface area contributed by atoms with Crippen LogP contribution in [-0.4, -0.2) is 4.98 Å². The highest BCUT2D eigenvalue weighted by Crippen LogP contribution is 2.33. The quantitative estimate of drug-likeness (QED) is 0.433. The molecule has 0 amide bonds. The van der Waals surface area contributed by atoms with E-state index in [1.807, 2.05) is 18.3 Å². The lowest BCUT2D eigenvalue weighted by atomic mass is 9.95. The van der Waals surface area contributed by atoms with Gasteiger partial charge in [0, 0.05) is 11.8 Å². The van der Waals surface area contributed by atoms with E-state index in [0.717, 1.165) is 5.69 Å². The zero-order valence-corrected chi connectivity index (χ0v) is 11.0. The van der Waals surface area contributed by atoms with E-state index < -0.39 is 0 Å². The number of nitrogens with zero attached hydrogens (tertiary/aromatic N) is 1. The molecule has 0 bridgehead atoms. The van der Waals surface area contributed by atoms with Crippen LogP contribution in [0.3, 0.4) is 0 Å². The highest BCUT2D eigenvalue weighted by molar-refractivity contribution is 6.13. The van der Waals surface area contributed by atoms with Gasteiger partial charge in [-0.2, -0.15) is 0 Å². The first-order chi connectivity index (χ1) is 9.93. The molecule has 0 radical (unpaired) electrons. The van der Waals surface area contributed by atoms with Crippen LogP contribution >= 0.6 is 0 Å². The molecule has 0 aliphatic rings. The van der Waals surface area contributed by atoms with Gasteiger partial charge in [0.25, 0.3) is 0 Å². The maximum atomic E-state index is 4.51. The van der Waals surface area contributed by atoms with Gasteiger partial charge in [-0.1, -0.05) is 54.6 Å². The monoisotopic (exact) mass is 255 g/mol. The van der Waals surface area contributed by atoms with Gasteiger partial charge in [-0.3, -0.25) is 4.98 Å². The third kappa shape index (κ3) is 1.68. The molecule has 0 saturated carbocycles. The minimum atomic E-state index is 1.02. The standard InChI is InChI=1S/C19H13N/c1-2-8-15-14(7-1)13-18(19-11-5-6-12-20-19)17-10-4-3-9-16(15)17/h1-13H. The second-order valence-corrected chi connectivity index (χ2v) is 4.91. The van der Waals surface area contributed by atoms with Gasteiger partial charge in [0.05, 0.1) is 5.69 Å². The van der Waals surface area contributed by atoms with Gasteiger partial charge in [0.15, 0.2) is 0 Å². The molecular formula is C19H13N. The maximum Gasteiger partial charge on any atom is 0.0708 e. The molecule has 4 aromatic rings. The van der Waals surface area contributed by atoms with Crippen molar-refractivity contribution in [3.63, 3.8) is 0 Å². The molecule has 1 heteroatoms. The summed E-state index contributed by atoms with van der Waals surface area (Å²) >= 11 is 0. The molecule has 0 aliphatic heterocycles. The molecular weight excluding hydrogens is 242 g/mol. The molecule has 0 fully saturated rings. The lowest BCUT2D eigenvalue weighted by Crippen LogP contribution is -1.86. The summed E-state index contributed by atoms with van der Waals surface area (Å²) in [4.78, 5) is 4.51. The second kappa shape index (κ2) is 4.46. The number of rotatable bonds is 1. The molecule has 4 rings (SSSR count). The number of fused-ring (bicyclic) bond motifs is 3. The Bertz CT molecular complexity index is 895. The molecule has 94 valence electrons. The van der Waals surface area contributed by atoms with Crippen molar-refractivity contribution in [2.45, 2.75) is 0 Å². The van der Waals surface area contributed by atoms with Crippen molar-refractivity contribution < 1.29 is 0 Å². The van der Waals surface area contributed by atoms with E-state index in [4.69, 9.17) is 0 Å². The van der Waals surface area contributed by atoms with Crippen LogP contribution in [0.15, 0.2) is 79.0 Å². The molecule has 0 atom stereocenters. The normalized spacial score (nSPS) is 11.0. The van der Waals surface area contributed by atoms with Crippen molar-refractivity contribution in [2.24, 2.45) is 0 Å². The lowest BCUT2D eigenvalue weighted by Gasteiger charge is -2.10. The Balaban J connectivity index is 2.19. The van der Waals surface area contributed by atoms with E-state index >= 15 is 0 Å². The molecule has 0 spiro atoms. The number of benzene rings is 3. The average Bonchev–Trinajstić information content (AvgIpc) is 2.55. The Hall–Kier alpha value is -2.67. The van der Waals surface area contributed by atoms with Crippen LogP contribution in [-0.2, 0) is 0 Å². The molecule has 1 nitrogen and oxygen atoms in total. The third-order valence-electron chi connectivity index (χ3n) is 3.71. The third-order valence-corrected chi connectivity index (χ3v) is 3.71. The van der Waals surface area contributed by atoms with Gasteiger partial charge in [-0.05, 0) is 39.7 Å². The Kier molecular flexibility index (Phi) is 2.49. The van der Waals surface area contributed by atoms with Crippen molar-refractivity contribution in [3.8, 4) is 11.3 Å². The van der Waals surface area contributed by atoms with E-state index in [1.54, 1.807) is 0 Å². The van der Waals surface area contributed by atoms with Crippen LogP contribution in [0.5, 0.6) is 0 Å². The SMILES string of the molecule is c1ccc(-c2cc3ccccc3c3ccccc23)nc1. The zero-order chi connectivity index (χ0) is 13.4. The summed E-state index contributed by atoms with van der Waals surface area (Å²) in [5.74, 6) is 0. The van der Waals surface area contributed by atoms with Gasteiger partial charge >= 0.3 is 0 Å². The van der Waals surface area contributed by atoms with Crippen molar-refractivity contribution in [2.75, 3.05) is 0 Å². The fourth-order valence-electron chi connectivity index (χ4n) is 2.79. The molecule has 0 saturated heterocycles. The van der Waals surface area contributed by atoms with E-state index in [1.165, 1.54) is 27.1 Å². The van der Waals surface area contributed by atoms with E-state index in [0.29, 0.717) is 0 Å². The molecule has 20 heavy (non-hydrogen) atoms. The zero-order valence-electron chi connectivity index (χ0n) is 11.0. The van der Waals surface area contributed by atoms with Crippen molar-refractivity contribution in [3.05, 3.63) is 79.0 Å². The van der Waals surface area contributed by atoms with E-state index in [2.05, 4.69) is 65.6 Å². The summed E-state index contributed by atoms with van der Waals surface area (Å²) in [5.41, 5.74) is 2.22. The Morgan fingerprint density at radius 3 is 2.10 bits per heavy atom. The first-order valence-corrected chi connectivity index (χ1v) is 6.75. The Morgan fingerprint density at radius 2 is 1.30 bits per heavy atom. The number of pyridine rings is 1. The molecule has 0 aliphatic carbocycles. The van der Waals surface area contributed by atoms with Crippen LogP contribution in [0, 0.1) is 0 Å². The Labute approximate surface area is 117 Å². The maximum absolute atomic E-state index is 4.51. The van der Waals surface area contributed by atoms with Gasteiger partial charge < -0.3 is 0 Å². The van der Waals surface area contributed by atoms with Gasteiger partial charge in [0.1, 0.15) is 0 Å². The van der Waals surface area contributed by atoms with Crippen LogP contribution in [0.4, 0.5) is 0 Å². The fourth-order valence-corrected chi connectivity index (χ4v) is 2.79. The summed E-state index contributed by atoms with van der Waals surface area (Å²) in [6.45, 7) is 0. The van der Waals surface area contributed by atoms with Gasteiger partial charge in [-0.15, -0.1) is 0 Å². The molecule has 1 aromatic heterocycles. The summed E-state index contributed by atoms with van der Waals surface area (Å²) in [7, 11) is 0. The van der Waals surface area contributed by atoms with Crippen molar-refractivity contribution in [1.82, 2.24) is 4.98 Å². The first-order valence-electron chi connectivity index (χ1n) is 6.75. The summed E-state index contributed by atoms with van der Waals surface area (Å²) < 4.78 is 0. The van der Waals surface area contributed by atoms with Gasteiger partial charge in [0.2, 0.25) is 0 Å². The minimum absolute atomic E-state index is 1.02. The molecule has 0 unspecified atom stereocenters. The summed E-state index contributed by atoms with van der Waals surface area (Å²) in [6.07, 6.45) is 1.85.